The molecule has 0 unspecified atom stereocenters. The highest BCUT2D eigenvalue weighted by atomic mass is 32.2. The van der Waals surface area contributed by atoms with Crippen LogP contribution in [0.5, 0.6) is 5.75 Å². The van der Waals surface area contributed by atoms with Gasteiger partial charge in [-0.1, -0.05) is 6.07 Å². The Labute approximate surface area is 198 Å². The summed E-state index contributed by atoms with van der Waals surface area (Å²) in [6.45, 7) is 4.22. The molecule has 2 aromatic rings. The molecule has 0 atom stereocenters. The Balaban J connectivity index is 1.82. The third kappa shape index (κ3) is 5.52. The third-order valence-corrected chi connectivity index (χ3v) is 7.63. The normalized spacial score (nSPS) is 13.9. The minimum absolute atomic E-state index is 0.0991. The molecule has 1 heterocycles. The number of hydrogen-bond acceptors (Lipinski definition) is 7. The maximum Gasteiger partial charge on any atom is 0.312 e. The smallest absolute Gasteiger partial charge is 0.312 e. The van der Waals surface area contributed by atoms with Crippen LogP contribution in [0.3, 0.4) is 0 Å². The second-order valence-corrected chi connectivity index (χ2v) is 9.95. The van der Waals surface area contributed by atoms with Gasteiger partial charge in [-0.15, -0.1) is 0 Å². The van der Waals surface area contributed by atoms with E-state index in [1.165, 1.54) is 21.3 Å². The van der Waals surface area contributed by atoms with E-state index in [1.807, 2.05) is 32.0 Å². The van der Waals surface area contributed by atoms with Crippen LogP contribution in [0.2, 0.25) is 0 Å². The Kier molecular flexibility index (Phi) is 7.86. The molecule has 0 N–H and O–H groups in total. The second-order valence-electron chi connectivity index (χ2n) is 8.01. The van der Waals surface area contributed by atoms with Crippen LogP contribution in [0.4, 0.5) is 11.4 Å². The van der Waals surface area contributed by atoms with E-state index in [0.717, 1.165) is 30.0 Å². The predicted molar refractivity (Wildman–Crippen MR) is 125 cm³/mol. The van der Waals surface area contributed by atoms with Gasteiger partial charge in [0.05, 0.1) is 22.3 Å². The number of nitrogens with zero attached hydrogens (tertiary/aromatic N) is 4. The van der Waals surface area contributed by atoms with Gasteiger partial charge in [0.15, 0.2) is 12.4 Å². The molecule has 1 aliphatic heterocycles. The lowest BCUT2D eigenvalue weighted by molar-refractivity contribution is -0.386. The standard InChI is InChI=1S/C23H26N4O6S/c1-17-6-7-19(14-18(17)2)26(13-5-10-24)23(28)16-33-22-9-8-20(15-21(22)27(29)30)34(31,32)25-11-3-4-12-25/h6-9,14-15H,3-5,11-13,16H2,1-2H3. The van der Waals surface area contributed by atoms with Crippen molar-refractivity contribution >= 4 is 27.3 Å². The molecule has 1 amide bonds. The molecule has 0 saturated carbocycles. The van der Waals surface area contributed by atoms with E-state index < -0.39 is 33.1 Å². The van der Waals surface area contributed by atoms with Gasteiger partial charge >= 0.3 is 5.69 Å². The number of nitro groups is 1. The van der Waals surface area contributed by atoms with E-state index in [2.05, 4.69) is 0 Å². The second kappa shape index (κ2) is 10.6. The van der Waals surface area contributed by atoms with Gasteiger partial charge in [-0.3, -0.25) is 14.9 Å². The molecular formula is C23H26N4O6S. The molecule has 0 aliphatic carbocycles. The molecule has 0 aromatic heterocycles. The van der Waals surface area contributed by atoms with Gasteiger partial charge < -0.3 is 9.64 Å². The fourth-order valence-corrected chi connectivity index (χ4v) is 5.21. The molecule has 3 rings (SSSR count). The minimum atomic E-state index is -3.84. The first kappa shape index (κ1) is 25.1. The number of carbonyl (C=O) groups is 1. The van der Waals surface area contributed by atoms with Crippen LogP contribution in [0.25, 0.3) is 0 Å². The van der Waals surface area contributed by atoms with Crippen molar-refractivity contribution in [1.82, 2.24) is 4.31 Å². The highest BCUT2D eigenvalue weighted by molar-refractivity contribution is 7.89. The minimum Gasteiger partial charge on any atom is -0.477 e. The number of sulfonamides is 1. The SMILES string of the molecule is Cc1ccc(N(CCC#N)C(=O)COc2ccc(S(=O)(=O)N3CCCC3)cc2[N+](=O)[O-])cc1C. The Morgan fingerprint density at radius 1 is 1.18 bits per heavy atom. The quantitative estimate of drug-likeness (QED) is 0.392. The summed E-state index contributed by atoms with van der Waals surface area (Å²) in [5.74, 6) is -0.694. The van der Waals surface area contributed by atoms with Crippen molar-refractivity contribution in [2.24, 2.45) is 0 Å². The third-order valence-electron chi connectivity index (χ3n) is 5.73. The van der Waals surface area contributed by atoms with Crippen molar-refractivity contribution < 1.29 is 22.9 Å². The number of amides is 1. The Bertz CT molecular complexity index is 1230. The fourth-order valence-electron chi connectivity index (χ4n) is 3.67. The lowest BCUT2D eigenvalue weighted by Crippen LogP contribution is -2.36. The summed E-state index contributed by atoms with van der Waals surface area (Å²) in [5.41, 5.74) is 2.07. The largest absolute Gasteiger partial charge is 0.477 e. The van der Waals surface area contributed by atoms with E-state index in [1.54, 1.807) is 6.07 Å². The Hall–Kier alpha value is -3.49. The van der Waals surface area contributed by atoms with Gasteiger partial charge in [0.25, 0.3) is 5.91 Å². The zero-order chi connectivity index (χ0) is 24.9. The summed E-state index contributed by atoms with van der Waals surface area (Å²) in [7, 11) is -3.84. The number of nitriles is 1. The van der Waals surface area contributed by atoms with Crippen LogP contribution < -0.4 is 9.64 Å². The molecule has 10 nitrogen and oxygen atoms in total. The molecule has 0 bridgehead atoms. The van der Waals surface area contributed by atoms with E-state index in [-0.39, 0.29) is 23.6 Å². The number of hydrogen-bond donors (Lipinski definition) is 0. The van der Waals surface area contributed by atoms with E-state index in [0.29, 0.717) is 18.8 Å². The van der Waals surface area contributed by atoms with Crippen LogP contribution in [-0.4, -0.2) is 49.8 Å². The van der Waals surface area contributed by atoms with E-state index in [4.69, 9.17) is 10.00 Å². The highest BCUT2D eigenvalue weighted by Gasteiger charge is 2.30. The van der Waals surface area contributed by atoms with Crippen LogP contribution in [-0.2, 0) is 14.8 Å². The Morgan fingerprint density at radius 3 is 2.50 bits per heavy atom. The van der Waals surface area contributed by atoms with Crippen LogP contribution >= 0.6 is 0 Å². The highest BCUT2D eigenvalue weighted by Crippen LogP contribution is 2.32. The zero-order valence-electron chi connectivity index (χ0n) is 19.1. The molecule has 11 heteroatoms. The molecule has 1 fully saturated rings. The summed E-state index contributed by atoms with van der Waals surface area (Å²) >= 11 is 0. The molecule has 1 saturated heterocycles. The van der Waals surface area contributed by atoms with Gasteiger partial charge in [0, 0.05) is 31.4 Å². The maximum atomic E-state index is 12.9. The van der Waals surface area contributed by atoms with Gasteiger partial charge in [0.1, 0.15) is 0 Å². The summed E-state index contributed by atoms with van der Waals surface area (Å²) in [6, 6.07) is 10.9. The lowest BCUT2D eigenvalue weighted by atomic mass is 10.1. The van der Waals surface area contributed by atoms with Gasteiger partial charge in [-0.05, 0) is 62.1 Å². The number of benzene rings is 2. The first-order valence-electron chi connectivity index (χ1n) is 10.8. The van der Waals surface area contributed by atoms with Crippen molar-refractivity contribution in [3.05, 3.63) is 57.6 Å². The van der Waals surface area contributed by atoms with Crippen molar-refractivity contribution in [1.29, 1.82) is 5.26 Å². The topological polar surface area (TPSA) is 134 Å². The predicted octanol–water partition coefficient (Wildman–Crippen LogP) is 3.32. The van der Waals surface area contributed by atoms with E-state index >= 15 is 0 Å². The van der Waals surface area contributed by atoms with Crippen molar-refractivity contribution in [3.63, 3.8) is 0 Å². The first-order chi connectivity index (χ1) is 16.1. The van der Waals surface area contributed by atoms with E-state index in [9.17, 15) is 23.3 Å². The van der Waals surface area contributed by atoms with Crippen molar-refractivity contribution in [2.45, 2.75) is 38.0 Å². The van der Waals surface area contributed by atoms with Gasteiger partial charge in [0.2, 0.25) is 10.0 Å². The van der Waals surface area contributed by atoms with Crippen LogP contribution in [0.15, 0.2) is 41.3 Å². The maximum absolute atomic E-state index is 12.9. The molecule has 0 radical (unpaired) electrons. The summed E-state index contributed by atoms with van der Waals surface area (Å²) in [5, 5.41) is 20.6. The van der Waals surface area contributed by atoms with Crippen molar-refractivity contribution in [3.8, 4) is 11.8 Å². The number of aryl methyl sites for hydroxylation is 2. The number of rotatable bonds is 9. The Morgan fingerprint density at radius 2 is 1.88 bits per heavy atom. The number of carbonyl (C=O) groups excluding carboxylic acids is 1. The number of nitro benzene ring substituents is 1. The first-order valence-corrected chi connectivity index (χ1v) is 12.2. The van der Waals surface area contributed by atoms with Crippen LogP contribution in [0, 0.1) is 35.3 Å². The summed E-state index contributed by atoms with van der Waals surface area (Å²) < 4.78 is 32.3. The monoisotopic (exact) mass is 486 g/mol. The van der Waals surface area contributed by atoms with Gasteiger partial charge in [-0.2, -0.15) is 9.57 Å². The summed E-state index contributed by atoms with van der Waals surface area (Å²) in [6.07, 6.45) is 1.59. The molecular weight excluding hydrogens is 460 g/mol. The molecule has 34 heavy (non-hydrogen) atoms. The zero-order valence-corrected chi connectivity index (χ0v) is 19.9. The lowest BCUT2D eigenvalue weighted by Gasteiger charge is -2.23. The number of anilines is 1. The summed E-state index contributed by atoms with van der Waals surface area (Å²) in [4.78, 5) is 25.0. The fraction of sp³-hybridized carbons (Fsp3) is 0.391. The molecule has 0 spiro atoms. The van der Waals surface area contributed by atoms with Crippen molar-refractivity contribution in [2.75, 3.05) is 31.1 Å². The molecule has 2 aromatic carbocycles. The molecule has 180 valence electrons. The average Bonchev–Trinajstić information content (AvgIpc) is 3.36. The molecule has 1 aliphatic rings. The average molecular weight is 487 g/mol. The van der Waals surface area contributed by atoms with Crippen LogP contribution in [0.1, 0.15) is 30.4 Å². The van der Waals surface area contributed by atoms with Gasteiger partial charge in [-0.25, -0.2) is 8.42 Å². The number of ether oxygens (including phenoxy) is 1.